The number of rotatable bonds is 11. The molecular weight excluding hydrogens is 662 g/mol. The molecule has 280 valence electrons. The molecular formula is C26H45NO21. The van der Waals surface area contributed by atoms with Gasteiger partial charge in [0.05, 0.1) is 26.4 Å². The first-order valence-electron chi connectivity index (χ1n) is 15.1. The van der Waals surface area contributed by atoms with Crippen LogP contribution in [0.3, 0.4) is 0 Å². The maximum absolute atomic E-state index is 12.3. The van der Waals surface area contributed by atoms with Gasteiger partial charge in [-0.25, -0.2) is 0 Å². The van der Waals surface area contributed by atoms with Crippen LogP contribution in [-0.2, 0) is 38.0 Å². The fourth-order valence-electron chi connectivity index (χ4n) is 5.94. The molecule has 0 aromatic heterocycles. The Hall–Kier alpha value is -1.33. The number of carbonyl (C=O) groups is 1. The molecule has 48 heavy (non-hydrogen) atoms. The summed E-state index contributed by atoms with van der Waals surface area (Å²) in [5, 5.41) is 136. The topological polar surface area (TPSA) is 357 Å². The van der Waals surface area contributed by atoms with Crippen LogP contribution in [0.4, 0.5) is 0 Å². The predicted molar refractivity (Wildman–Crippen MR) is 145 cm³/mol. The van der Waals surface area contributed by atoms with E-state index in [1.807, 2.05) is 0 Å². The van der Waals surface area contributed by atoms with Gasteiger partial charge in [-0.1, -0.05) is 0 Å². The lowest BCUT2D eigenvalue weighted by molar-refractivity contribution is -0.379. The summed E-state index contributed by atoms with van der Waals surface area (Å²) in [7, 11) is 0. The molecule has 0 bridgehead atoms. The highest BCUT2D eigenvalue weighted by atomic mass is 16.8. The smallest absolute Gasteiger partial charge is 0.217 e. The molecule has 1 unspecified atom stereocenters. The second-order valence-corrected chi connectivity index (χ2v) is 11.9. The van der Waals surface area contributed by atoms with E-state index in [-0.39, 0.29) is 0 Å². The maximum Gasteiger partial charge on any atom is 0.217 e. The minimum atomic E-state index is -2.04. The summed E-state index contributed by atoms with van der Waals surface area (Å²) in [6, 6.07) is -1.61. The number of ether oxygens (including phenoxy) is 7. The van der Waals surface area contributed by atoms with Gasteiger partial charge in [0, 0.05) is 6.92 Å². The van der Waals surface area contributed by atoms with E-state index >= 15 is 0 Å². The van der Waals surface area contributed by atoms with Crippen LogP contribution in [0.2, 0.25) is 0 Å². The van der Waals surface area contributed by atoms with Crippen LogP contribution in [-0.4, -0.2) is 221 Å². The maximum atomic E-state index is 12.3. The first kappa shape index (κ1) is 39.5. The first-order chi connectivity index (χ1) is 22.7. The number of hydrogen-bond donors (Lipinski definition) is 14. The van der Waals surface area contributed by atoms with Crippen LogP contribution in [0.1, 0.15) is 6.92 Å². The van der Waals surface area contributed by atoms with Gasteiger partial charge in [-0.2, -0.15) is 0 Å². The highest BCUT2D eigenvalue weighted by molar-refractivity contribution is 5.73. The van der Waals surface area contributed by atoms with Crippen LogP contribution in [0.5, 0.6) is 0 Å². The number of aliphatic hydroxyl groups is 13. The normalized spacial score (nSPS) is 50.2. The van der Waals surface area contributed by atoms with E-state index in [1.54, 1.807) is 0 Å². The SMILES string of the molecule is CC(=O)N[C@H]1[C@H](O[C@H]2[C@@H](O)[C@@H](CO)O[C@@H](OC3[C@@H](CO)O[C@@H](O)[C@H](O)[C@H]3O)[C@@H]2O)O[C@H](CO)[C@@H](O)[C@@H]1O[C@@H]1O[C@H](CO)[C@H](O)[C@H](O)[C@H]1O. The van der Waals surface area contributed by atoms with Crippen molar-refractivity contribution in [2.24, 2.45) is 0 Å². The molecule has 14 N–H and O–H groups in total. The van der Waals surface area contributed by atoms with Crippen molar-refractivity contribution in [2.75, 3.05) is 26.4 Å². The second-order valence-electron chi connectivity index (χ2n) is 11.9. The Kier molecular flexibility index (Phi) is 13.8. The van der Waals surface area contributed by atoms with Gasteiger partial charge in [0.15, 0.2) is 25.2 Å². The monoisotopic (exact) mass is 707 g/mol. The summed E-state index contributed by atoms with van der Waals surface area (Å²) < 4.78 is 38.7. The minimum absolute atomic E-state index is 0.765. The molecule has 0 saturated carbocycles. The number of hydrogen-bond acceptors (Lipinski definition) is 21. The molecule has 0 spiro atoms. The van der Waals surface area contributed by atoms with E-state index in [2.05, 4.69) is 5.32 Å². The summed E-state index contributed by atoms with van der Waals surface area (Å²) in [6.45, 7) is -2.41. The van der Waals surface area contributed by atoms with Crippen molar-refractivity contribution >= 4 is 5.91 Å². The van der Waals surface area contributed by atoms with Gasteiger partial charge in [0.2, 0.25) is 5.91 Å². The average molecular weight is 708 g/mol. The highest BCUT2D eigenvalue weighted by Crippen LogP contribution is 2.34. The standard InChI is InChI=1S/C26H45NO21/c1-6(32)27-11-21(47-25-18(39)15(36)12(33)7(2-28)44-25)13(34)8(3-29)43-24(11)48-22-14(35)9(4-30)45-26(19(22)40)46-20-10(5-31)42-23(41)17(38)16(20)37/h7-26,28-31,33-41H,2-5H2,1H3,(H,27,32)/t7-,8-,9-,10-,11-,12+,13-,14+,15+,16-,17-,18-,19-,20?,21-,22+,23-,24+,25+,26+/m1/s1. The molecule has 4 aliphatic heterocycles. The molecule has 20 atom stereocenters. The van der Waals surface area contributed by atoms with Crippen molar-refractivity contribution in [2.45, 2.75) is 130 Å². The van der Waals surface area contributed by atoms with Crippen molar-refractivity contribution in [3.63, 3.8) is 0 Å². The molecule has 4 heterocycles. The average Bonchev–Trinajstić information content (AvgIpc) is 3.06. The molecule has 4 rings (SSSR count). The van der Waals surface area contributed by atoms with Crippen LogP contribution in [0, 0.1) is 0 Å². The van der Waals surface area contributed by atoms with Crippen LogP contribution >= 0.6 is 0 Å². The zero-order valence-corrected chi connectivity index (χ0v) is 25.5. The lowest BCUT2D eigenvalue weighted by atomic mass is 9.94. The third kappa shape index (κ3) is 8.08. The van der Waals surface area contributed by atoms with Crippen molar-refractivity contribution in [3.05, 3.63) is 0 Å². The Bertz CT molecular complexity index is 1030. The molecule has 22 heteroatoms. The molecule has 0 aromatic carbocycles. The zero-order valence-electron chi connectivity index (χ0n) is 25.5. The van der Waals surface area contributed by atoms with Gasteiger partial charge in [0.1, 0.15) is 97.6 Å². The Balaban J connectivity index is 1.61. The predicted octanol–water partition coefficient (Wildman–Crippen LogP) is -9.61. The number of nitrogens with one attached hydrogen (secondary N) is 1. The Labute approximate surface area is 272 Å². The minimum Gasteiger partial charge on any atom is -0.394 e. The van der Waals surface area contributed by atoms with E-state index in [0.717, 1.165) is 6.92 Å². The lowest BCUT2D eigenvalue weighted by Gasteiger charge is -2.50. The summed E-state index contributed by atoms with van der Waals surface area (Å²) in [5.41, 5.74) is 0. The first-order valence-corrected chi connectivity index (χ1v) is 15.1. The fourth-order valence-corrected chi connectivity index (χ4v) is 5.94. The molecule has 22 nitrogen and oxygen atoms in total. The highest BCUT2D eigenvalue weighted by Gasteiger charge is 2.55. The third-order valence-electron chi connectivity index (χ3n) is 8.61. The molecule has 4 fully saturated rings. The van der Waals surface area contributed by atoms with Gasteiger partial charge < -0.3 is 105 Å². The molecule has 1 amide bonds. The fraction of sp³-hybridized carbons (Fsp3) is 0.962. The second kappa shape index (κ2) is 16.8. The van der Waals surface area contributed by atoms with Crippen LogP contribution in [0.15, 0.2) is 0 Å². The van der Waals surface area contributed by atoms with E-state index in [0.29, 0.717) is 0 Å². The summed E-state index contributed by atoms with van der Waals surface area (Å²) in [5.74, 6) is -0.765. The molecule has 0 aliphatic carbocycles. The zero-order chi connectivity index (χ0) is 35.6. The number of aliphatic hydroxyl groups excluding tert-OH is 13. The molecule has 4 aliphatic rings. The summed E-state index contributed by atoms with van der Waals surface area (Å²) >= 11 is 0. The Morgan fingerprint density at radius 3 is 1.50 bits per heavy atom. The van der Waals surface area contributed by atoms with E-state index < -0.39 is 155 Å². The Morgan fingerprint density at radius 2 is 0.958 bits per heavy atom. The van der Waals surface area contributed by atoms with Crippen molar-refractivity contribution in [1.82, 2.24) is 5.32 Å². The molecule has 0 radical (unpaired) electrons. The van der Waals surface area contributed by atoms with E-state index in [1.165, 1.54) is 0 Å². The lowest BCUT2D eigenvalue weighted by Crippen LogP contribution is -2.70. The van der Waals surface area contributed by atoms with Crippen molar-refractivity contribution < 1.29 is 104 Å². The third-order valence-corrected chi connectivity index (χ3v) is 8.61. The van der Waals surface area contributed by atoms with Crippen molar-refractivity contribution in [3.8, 4) is 0 Å². The van der Waals surface area contributed by atoms with Gasteiger partial charge >= 0.3 is 0 Å². The summed E-state index contributed by atoms with van der Waals surface area (Å²) in [4.78, 5) is 12.3. The van der Waals surface area contributed by atoms with Crippen LogP contribution in [0.25, 0.3) is 0 Å². The van der Waals surface area contributed by atoms with Gasteiger partial charge in [-0.05, 0) is 0 Å². The van der Waals surface area contributed by atoms with Gasteiger partial charge in [-0.3, -0.25) is 4.79 Å². The van der Waals surface area contributed by atoms with Crippen molar-refractivity contribution in [1.29, 1.82) is 0 Å². The van der Waals surface area contributed by atoms with Gasteiger partial charge in [-0.15, -0.1) is 0 Å². The van der Waals surface area contributed by atoms with Gasteiger partial charge in [0.25, 0.3) is 0 Å². The number of carbonyl (C=O) groups excluding carboxylic acids is 1. The quantitative estimate of drug-likeness (QED) is 0.0947. The molecule has 4 saturated heterocycles. The summed E-state index contributed by atoms with van der Waals surface area (Å²) in [6.07, 6.45) is -33.8. The number of amides is 1. The Morgan fingerprint density at radius 1 is 0.500 bits per heavy atom. The van der Waals surface area contributed by atoms with E-state index in [9.17, 15) is 71.2 Å². The van der Waals surface area contributed by atoms with Crippen LogP contribution < -0.4 is 5.32 Å². The molecule has 0 aromatic rings. The van der Waals surface area contributed by atoms with E-state index in [4.69, 9.17) is 33.2 Å². The largest absolute Gasteiger partial charge is 0.394 e.